The van der Waals surface area contributed by atoms with Gasteiger partial charge in [-0.05, 0) is 48.6 Å². The number of aromatic nitrogens is 2. The Bertz CT molecular complexity index is 720. The second-order valence-corrected chi connectivity index (χ2v) is 5.89. The normalized spacial score (nSPS) is 12.7. The van der Waals surface area contributed by atoms with Crippen LogP contribution in [-0.2, 0) is 6.54 Å². The monoisotopic (exact) mass is 283 g/mol. The Kier molecular flexibility index (Phi) is 3.76. The van der Waals surface area contributed by atoms with Gasteiger partial charge >= 0.3 is 0 Å². The molecule has 0 saturated carbocycles. The number of thiophene rings is 1. The predicted molar refractivity (Wildman–Crippen MR) is 83.8 cm³/mol. The topological polar surface area (TPSA) is 37.8 Å². The molecule has 0 bridgehead atoms. The SMILES string of the molecule is Cc1cccnc1CNC(C)c1cnc2ccsc2c1. The van der Waals surface area contributed by atoms with Crippen molar-refractivity contribution in [2.75, 3.05) is 0 Å². The van der Waals surface area contributed by atoms with Crippen molar-refractivity contribution >= 4 is 21.6 Å². The van der Waals surface area contributed by atoms with Gasteiger partial charge in [-0.2, -0.15) is 0 Å². The molecule has 0 aliphatic rings. The van der Waals surface area contributed by atoms with E-state index in [-0.39, 0.29) is 6.04 Å². The second kappa shape index (κ2) is 5.69. The summed E-state index contributed by atoms with van der Waals surface area (Å²) >= 11 is 1.73. The van der Waals surface area contributed by atoms with Gasteiger partial charge in [0.1, 0.15) is 0 Å². The number of nitrogens with zero attached hydrogens (tertiary/aromatic N) is 2. The highest BCUT2D eigenvalue weighted by atomic mass is 32.1. The molecule has 0 aromatic carbocycles. The lowest BCUT2D eigenvalue weighted by Crippen LogP contribution is -2.19. The number of hydrogen-bond acceptors (Lipinski definition) is 4. The summed E-state index contributed by atoms with van der Waals surface area (Å²) in [4.78, 5) is 8.90. The standard InChI is InChI=1S/C16H17N3S/c1-11-4-3-6-17-15(11)10-18-12(2)13-8-16-14(19-9-13)5-7-20-16/h3-9,12,18H,10H2,1-2H3. The molecule has 0 spiro atoms. The first-order valence-corrected chi connectivity index (χ1v) is 7.59. The Balaban J connectivity index is 1.72. The largest absolute Gasteiger partial charge is 0.304 e. The molecule has 3 heterocycles. The molecule has 0 aliphatic heterocycles. The quantitative estimate of drug-likeness (QED) is 0.790. The van der Waals surface area contributed by atoms with Crippen LogP contribution < -0.4 is 5.32 Å². The fourth-order valence-electron chi connectivity index (χ4n) is 2.17. The van der Waals surface area contributed by atoms with E-state index in [2.05, 4.69) is 52.7 Å². The minimum atomic E-state index is 0.260. The summed E-state index contributed by atoms with van der Waals surface area (Å²) in [6, 6.07) is 8.59. The maximum absolute atomic E-state index is 4.49. The van der Waals surface area contributed by atoms with Gasteiger partial charge in [0, 0.05) is 25.0 Å². The molecule has 0 radical (unpaired) electrons. The molecule has 3 aromatic heterocycles. The van der Waals surface area contributed by atoms with Crippen LogP contribution in [0.25, 0.3) is 10.2 Å². The molecule has 0 amide bonds. The van der Waals surface area contributed by atoms with E-state index in [0.29, 0.717) is 0 Å². The van der Waals surface area contributed by atoms with Crippen LogP contribution in [0.5, 0.6) is 0 Å². The summed E-state index contributed by atoms with van der Waals surface area (Å²) in [5.41, 5.74) is 4.61. The third-order valence-corrected chi connectivity index (χ3v) is 4.37. The van der Waals surface area contributed by atoms with Gasteiger partial charge in [0.25, 0.3) is 0 Å². The van der Waals surface area contributed by atoms with Crippen molar-refractivity contribution < 1.29 is 0 Å². The van der Waals surface area contributed by atoms with E-state index in [1.165, 1.54) is 15.8 Å². The van der Waals surface area contributed by atoms with Crippen LogP contribution in [0, 0.1) is 6.92 Å². The average Bonchev–Trinajstić information content (AvgIpc) is 2.93. The second-order valence-electron chi connectivity index (χ2n) is 4.94. The van der Waals surface area contributed by atoms with Crippen molar-refractivity contribution in [3.63, 3.8) is 0 Å². The van der Waals surface area contributed by atoms with E-state index in [4.69, 9.17) is 0 Å². The molecule has 3 rings (SSSR count). The molecule has 0 fully saturated rings. The highest BCUT2D eigenvalue weighted by molar-refractivity contribution is 7.17. The predicted octanol–water partition coefficient (Wildman–Crippen LogP) is 3.85. The van der Waals surface area contributed by atoms with Crippen molar-refractivity contribution in [3.8, 4) is 0 Å². The van der Waals surface area contributed by atoms with E-state index in [1.807, 2.05) is 18.5 Å². The molecule has 102 valence electrons. The van der Waals surface area contributed by atoms with Crippen LogP contribution >= 0.6 is 11.3 Å². The Morgan fingerprint density at radius 3 is 3.05 bits per heavy atom. The summed E-state index contributed by atoms with van der Waals surface area (Å²) in [6.07, 6.45) is 3.80. The number of rotatable bonds is 4. The zero-order chi connectivity index (χ0) is 13.9. The molecule has 1 unspecified atom stereocenters. The van der Waals surface area contributed by atoms with E-state index in [9.17, 15) is 0 Å². The van der Waals surface area contributed by atoms with Gasteiger partial charge in [-0.15, -0.1) is 11.3 Å². The molecular weight excluding hydrogens is 266 g/mol. The van der Waals surface area contributed by atoms with Gasteiger partial charge < -0.3 is 5.32 Å². The van der Waals surface area contributed by atoms with Gasteiger partial charge in [0.05, 0.1) is 15.9 Å². The van der Waals surface area contributed by atoms with Gasteiger partial charge in [-0.25, -0.2) is 0 Å². The summed E-state index contributed by atoms with van der Waals surface area (Å²) in [6.45, 7) is 5.03. The Morgan fingerprint density at radius 2 is 2.20 bits per heavy atom. The van der Waals surface area contributed by atoms with Crippen LogP contribution in [0.15, 0.2) is 42.0 Å². The maximum atomic E-state index is 4.49. The average molecular weight is 283 g/mol. The highest BCUT2D eigenvalue weighted by Gasteiger charge is 2.08. The molecule has 1 atom stereocenters. The lowest BCUT2D eigenvalue weighted by molar-refractivity contribution is 0.565. The fraction of sp³-hybridized carbons (Fsp3) is 0.250. The Labute approximate surface area is 122 Å². The third-order valence-electron chi connectivity index (χ3n) is 3.52. The van der Waals surface area contributed by atoms with E-state index in [1.54, 1.807) is 11.3 Å². The summed E-state index contributed by atoms with van der Waals surface area (Å²) in [7, 11) is 0. The van der Waals surface area contributed by atoms with Gasteiger partial charge in [-0.1, -0.05) is 6.07 Å². The third kappa shape index (κ3) is 2.71. The van der Waals surface area contributed by atoms with Crippen molar-refractivity contribution in [3.05, 3.63) is 58.9 Å². The van der Waals surface area contributed by atoms with Crippen LogP contribution in [0.4, 0.5) is 0 Å². The van der Waals surface area contributed by atoms with Crippen molar-refractivity contribution in [2.24, 2.45) is 0 Å². The van der Waals surface area contributed by atoms with Gasteiger partial charge in [0.2, 0.25) is 0 Å². The first-order chi connectivity index (χ1) is 9.74. The Hall–Kier alpha value is -1.78. The molecule has 3 nitrogen and oxygen atoms in total. The van der Waals surface area contributed by atoms with Crippen LogP contribution in [-0.4, -0.2) is 9.97 Å². The first-order valence-electron chi connectivity index (χ1n) is 6.71. The summed E-state index contributed by atoms with van der Waals surface area (Å²) < 4.78 is 1.24. The molecular formula is C16H17N3S. The fourth-order valence-corrected chi connectivity index (χ4v) is 2.96. The van der Waals surface area contributed by atoms with Crippen molar-refractivity contribution in [1.82, 2.24) is 15.3 Å². The van der Waals surface area contributed by atoms with E-state index < -0.39 is 0 Å². The zero-order valence-corrected chi connectivity index (χ0v) is 12.4. The number of fused-ring (bicyclic) bond motifs is 1. The minimum absolute atomic E-state index is 0.260. The van der Waals surface area contributed by atoms with Crippen LogP contribution in [0.2, 0.25) is 0 Å². The molecule has 20 heavy (non-hydrogen) atoms. The number of pyridine rings is 2. The molecule has 0 saturated heterocycles. The van der Waals surface area contributed by atoms with Crippen LogP contribution in [0.3, 0.4) is 0 Å². The first kappa shape index (κ1) is 13.2. The van der Waals surface area contributed by atoms with Gasteiger partial charge in [-0.3, -0.25) is 9.97 Å². The van der Waals surface area contributed by atoms with E-state index in [0.717, 1.165) is 17.8 Å². The highest BCUT2D eigenvalue weighted by Crippen LogP contribution is 2.22. The Morgan fingerprint density at radius 1 is 1.30 bits per heavy atom. The number of nitrogens with one attached hydrogen (secondary N) is 1. The lowest BCUT2D eigenvalue weighted by atomic mass is 10.1. The molecule has 4 heteroatoms. The van der Waals surface area contributed by atoms with E-state index >= 15 is 0 Å². The summed E-state index contributed by atoms with van der Waals surface area (Å²) in [5, 5.41) is 5.60. The maximum Gasteiger partial charge on any atom is 0.0809 e. The smallest absolute Gasteiger partial charge is 0.0809 e. The van der Waals surface area contributed by atoms with Crippen LogP contribution in [0.1, 0.15) is 29.8 Å². The summed E-state index contributed by atoms with van der Waals surface area (Å²) in [5.74, 6) is 0. The van der Waals surface area contributed by atoms with Crippen molar-refractivity contribution in [2.45, 2.75) is 26.4 Å². The zero-order valence-electron chi connectivity index (χ0n) is 11.6. The number of hydrogen-bond donors (Lipinski definition) is 1. The molecule has 3 aromatic rings. The number of aryl methyl sites for hydroxylation is 1. The lowest BCUT2D eigenvalue weighted by Gasteiger charge is -2.14. The van der Waals surface area contributed by atoms with Crippen molar-refractivity contribution in [1.29, 1.82) is 0 Å². The van der Waals surface area contributed by atoms with Gasteiger partial charge in [0.15, 0.2) is 0 Å². The molecule has 1 N–H and O–H groups in total. The molecule has 0 aliphatic carbocycles. The minimum Gasteiger partial charge on any atom is -0.304 e.